The highest BCUT2D eigenvalue weighted by Gasteiger charge is 2.52. The van der Waals surface area contributed by atoms with E-state index in [0.717, 1.165) is 32.4 Å². The molecule has 1 aliphatic heterocycles. The van der Waals surface area contributed by atoms with Gasteiger partial charge in [-0.25, -0.2) is 4.79 Å². The van der Waals surface area contributed by atoms with Gasteiger partial charge in [-0.1, -0.05) is 0 Å². The summed E-state index contributed by atoms with van der Waals surface area (Å²) in [6.45, 7) is 7.81. The van der Waals surface area contributed by atoms with Crippen molar-refractivity contribution >= 4 is 6.09 Å². The zero-order valence-corrected chi connectivity index (χ0v) is 13.2. The molecule has 1 heterocycles. The fraction of sp³-hybridized carbons (Fsp3) is 0.933. The first-order valence-corrected chi connectivity index (χ1v) is 7.67. The number of nitrogens with one attached hydrogen (secondary N) is 1. The Morgan fingerprint density at radius 2 is 2.10 bits per heavy atom. The van der Waals surface area contributed by atoms with E-state index in [4.69, 9.17) is 10.5 Å². The second-order valence-corrected chi connectivity index (χ2v) is 7.47. The van der Waals surface area contributed by atoms with Gasteiger partial charge in [-0.15, -0.1) is 0 Å². The maximum absolute atomic E-state index is 12.0. The van der Waals surface area contributed by atoms with Gasteiger partial charge in [0.05, 0.1) is 5.54 Å². The van der Waals surface area contributed by atoms with Crippen LogP contribution in [0, 0.1) is 5.92 Å². The molecule has 2 rings (SSSR count). The van der Waals surface area contributed by atoms with Crippen molar-refractivity contribution in [2.24, 2.45) is 11.7 Å². The quantitative estimate of drug-likeness (QED) is 0.827. The average molecular weight is 283 g/mol. The second kappa shape index (κ2) is 5.53. The van der Waals surface area contributed by atoms with Gasteiger partial charge >= 0.3 is 6.09 Å². The van der Waals surface area contributed by atoms with Crippen LogP contribution in [0.1, 0.15) is 46.5 Å². The first-order chi connectivity index (χ1) is 9.22. The first-order valence-electron chi connectivity index (χ1n) is 7.67. The number of carbonyl (C=O) groups excluding carboxylic acids is 1. The fourth-order valence-corrected chi connectivity index (χ4v) is 3.13. The monoisotopic (exact) mass is 283 g/mol. The highest BCUT2D eigenvalue weighted by atomic mass is 16.6. The molecule has 5 heteroatoms. The Balaban J connectivity index is 1.91. The minimum atomic E-state index is -0.463. The van der Waals surface area contributed by atoms with Gasteiger partial charge in [0.15, 0.2) is 0 Å². The van der Waals surface area contributed by atoms with Gasteiger partial charge in [-0.3, -0.25) is 0 Å². The molecular formula is C15H29N3O2. The van der Waals surface area contributed by atoms with E-state index in [2.05, 4.69) is 17.3 Å². The van der Waals surface area contributed by atoms with Crippen LogP contribution < -0.4 is 11.1 Å². The third-order valence-corrected chi connectivity index (χ3v) is 4.35. The van der Waals surface area contributed by atoms with Gasteiger partial charge in [-0.2, -0.15) is 0 Å². The van der Waals surface area contributed by atoms with Gasteiger partial charge in [0.25, 0.3) is 0 Å². The third kappa shape index (κ3) is 3.85. The summed E-state index contributed by atoms with van der Waals surface area (Å²) < 4.78 is 5.36. The molecule has 20 heavy (non-hydrogen) atoms. The van der Waals surface area contributed by atoms with Crippen LogP contribution in [0.4, 0.5) is 4.79 Å². The largest absolute Gasteiger partial charge is 0.444 e. The van der Waals surface area contributed by atoms with Crippen molar-refractivity contribution in [3.8, 4) is 0 Å². The Hall–Kier alpha value is -0.810. The summed E-state index contributed by atoms with van der Waals surface area (Å²) in [5.41, 5.74) is 5.77. The van der Waals surface area contributed by atoms with Crippen LogP contribution in [0.3, 0.4) is 0 Å². The predicted molar refractivity (Wildman–Crippen MR) is 79.5 cm³/mol. The van der Waals surface area contributed by atoms with Gasteiger partial charge in [0.2, 0.25) is 0 Å². The summed E-state index contributed by atoms with van der Waals surface area (Å²) >= 11 is 0. The van der Waals surface area contributed by atoms with Crippen molar-refractivity contribution in [3.63, 3.8) is 0 Å². The zero-order chi connectivity index (χ0) is 15.0. The highest BCUT2D eigenvalue weighted by molar-refractivity contribution is 5.69. The summed E-state index contributed by atoms with van der Waals surface area (Å²) in [4.78, 5) is 14.3. The van der Waals surface area contributed by atoms with Crippen molar-refractivity contribution in [3.05, 3.63) is 0 Å². The van der Waals surface area contributed by atoms with Crippen molar-refractivity contribution in [2.75, 3.05) is 20.1 Å². The molecule has 0 bridgehead atoms. The van der Waals surface area contributed by atoms with Crippen LogP contribution in [0.25, 0.3) is 0 Å². The minimum absolute atomic E-state index is 0.0257. The van der Waals surface area contributed by atoms with E-state index in [9.17, 15) is 4.79 Å². The molecule has 116 valence electrons. The van der Waals surface area contributed by atoms with Crippen molar-refractivity contribution < 1.29 is 9.53 Å². The lowest BCUT2D eigenvalue weighted by Crippen LogP contribution is -2.56. The number of alkyl carbamates (subject to hydrolysis) is 1. The van der Waals surface area contributed by atoms with Crippen LogP contribution in [-0.2, 0) is 4.74 Å². The Morgan fingerprint density at radius 1 is 1.45 bits per heavy atom. The zero-order valence-electron chi connectivity index (χ0n) is 13.2. The summed E-state index contributed by atoms with van der Waals surface area (Å²) in [5.74, 6) is 0.464. The summed E-state index contributed by atoms with van der Waals surface area (Å²) in [6.07, 6.45) is 3.94. The van der Waals surface area contributed by atoms with Crippen molar-refractivity contribution in [1.82, 2.24) is 10.2 Å². The standard InChI is InChI=1S/C15H29N3O2/c1-14(2,3)20-13(19)17-15(7-8-15)12(16)11-6-5-9-18(4)10-11/h11-12H,5-10,16H2,1-4H3,(H,17,19). The summed E-state index contributed by atoms with van der Waals surface area (Å²) in [5, 5.41) is 3.03. The average Bonchev–Trinajstić information content (AvgIpc) is 3.06. The number of rotatable bonds is 3. The molecule has 1 aliphatic carbocycles. The molecule has 0 aromatic carbocycles. The first kappa shape index (κ1) is 15.6. The SMILES string of the molecule is CN1CCCC(C(N)C2(NC(=O)OC(C)(C)C)CC2)C1. The molecule has 1 saturated carbocycles. The Labute approximate surface area is 122 Å². The van der Waals surface area contributed by atoms with Crippen molar-refractivity contribution in [1.29, 1.82) is 0 Å². The number of piperidine rings is 1. The molecule has 0 aromatic rings. The number of carbonyl (C=O) groups is 1. The number of likely N-dealkylation sites (tertiary alicyclic amines) is 1. The molecule has 0 radical (unpaired) electrons. The minimum Gasteiger partial charge on any atom is -0.444 e. The molecule has 1 saturated heterocycles. The molecule has 3 N–H and O–H groups in total. The molecule has 0 aromatic heterocycles. The molecule has 5 nitrogen and oxygen atoms in total. The van der Waals surface area contributed by atoms with Gasteiger partial charge in [0, 0.05) is 12.6 Å². The summed E-state index contributed by atoms with van der Waals surface area (Å²) in [7, 11) is 2.14. The van der Waals surface area contributed by atoms with E-state index in [-0.39, 0.29) is 17.7 Å². The van der Waals surface area contributed by atoms with Crippen LogP contribution in [0.5, 0.6) is 0 Å². The van der Waals surface area contributed by atoms with Crippen LogP contribution in [-0.4, -0.2) is 48.3 Å². The number of amides is 1. The molecule has 2 aliphatic rings. The maximum atomic E-state index is 12.0. The maximum Gasteiger partial charge on any atom is 0.408 e. The lowest BCUT2D eigenvalue weighted by molar-refractivity contribution is 0.0469. The second-order valence-electron chi connectivity index (χ2n) is 7.47. The molecule has 2 fully saturated rings. The number of ether oxygens (including phenoxy) is 1. The molecule has 2 atom stereocenters. The predicted octanol–water partition coefficient (Wildman–Crippen LogP) is 1.71. The third-order valence-electron chi connectivity index (χ3n) is 4.35. The van der Waals surface area contributed by atoms with Crippen LogP contribution in [0.2, 0.25) is 0 Å². The molecular weight excluding hydrogens is 254 g/mol. The smallest absolute Gasteiger partial charge is 0.408 e. The highest BCUT2D eigenvalue weighted by Crippen LogP contribution is 2.42. The lowest BCUT2D eigenvalue weighted by atomic mass is 9.86. The van der Waals surface area contributed by atoms with E-state index in [1.165, 1.54) is 6.42 Å². The Kier molecular flexibility index (Phi) is 4.30. The van der Waals surface area contributed by atoms with E-state index in [1.54, 1.807) is 0 Å². The van der Waals surface area contributed by atoms with Gasteiger partial charge < -0.3 is 20.7 Å². The van der Waals surface area contributed by atoms with Gasteiger partial charge in [0.1, 0.15) is 5.60 Å². The summed E-state index contributed by atoms with van der Waals surface area (Å²) in [6, 6.07) is 0.0257. The topological polar surface area (TPSA) is 67.6 Å². The number of hydrogen-bond donors (Lipinski definition) is 2. The Morgan fingerprint density at radius 3 is 2.60 bits per heavy atom. The number of nitrogens with two attached hydrogens (primary N) is 1. The van der Waals surface area contributed by atoms with Gasteiger partial charge in [-0.05, 0) is 66.0 Å². The van der Waals surface area contributed by atoms with Crippen LogP contribution >= 0.6 is 0 Å². The van der Waals surface area contributed by atoms with Crippen LogP contribution in [0.15, 0.2) is 0 Å². The Bertz CT molecular complexity index is 361. The van der Waals surface area contributed by atoms with Crippen molar-refractivity contribution in [2.45, 2.75) is 63.6 Å². The number of hydrogen-bond acceptors (Lipinski definition) is 4. The molecule has 2 unspecified atom stereocenters. The number of nitrogens with zero attached hydrogens (tertiary/aromatic N) is 1. The van der Waals surface area contributed by atoms with E-state index >= 15 is 0 Å². The van der Waals surface area contributed by atoms with E-state index in [0.29, 0.717) is 5.92 Å². The molecule has 1 amide bonds. The van der Waals surface area contributed by atoms with E-state index < -0.39 is 5.60 Å². The fourth-order valence-electron chi connectivity index (χ4n) is 3.13. The lowest BCUT2D eigenvalue weighted by Gasteiger charge is -2.37. The van der Waals surface area contributed by atoms with E-state index in [1.807, 2.05) is 20.8 Å². The normalized spacial score (nSPS) is 27.8. The molecule has 0 spiro atoms.